The highest BCUT2D eigenvalue weighted by atomic mass is 79.9. The molecule has 0 fully saturated rings. The molecule has 22 heavy (non-hydrogen) atoms. The molecule has 0 N–H and O–H groups in total. The molecule has 0 radical (unpaired) electrons. The van der Waals surface area contributed by atoms with E-state index in [1.54, 1.807) is 0 Å². The number of fused-ring (bicyclic) bond motifs is 1. The molecule has 114 valence electrons. The molecule has 0 heterocycles. The number of hydrogen-bond acceptors (Lipinski definition) is 0. The van der Waals surface area contributed by atoms with Crippen molar-refractivity contribution in [1.29, 1.82) is 0 Å². The topological polar surface area (TPSA) is 0 Å². The Bertz CT molecular complexity index is 706. The molecule has 2 rings (SSSR count). The van der Waals surface area contributed by atoms with Crippen molar-refractivity contribution in [2.45, 2.75) is 13.8 Å². The molecular formula is C20H22BrN. The maximum Gasteiger partial charge on any atom is 0.142 e. The molecule has 2 aromatic rings. The lowest BCUT2D eigenvalue weighted by molar-refractivity contribution is -0.911. The van der Waals surface area contributed by atoms with E-state index in [4.69, 9.17) is 6.42 Å². The van der Waals surface area contributed by atoms with E-state index in [0.717, 1.165) is 36.2 Å². The number of rotatable bonds is 4. The van der Waals surface area contributed by atoms with Gasteiger partial charge in [-0.25, -0.2) is 0 Å². The molecular weight excluding hydrogens is 334 g/mol. The van der Waals surface area contributed by atoms with Crippen LogP contribution in [0.5, 0.6) is 0 Å². The zero-order valence-electron chi connectivity index (χ0n) is 13.3. The summed E-state index contributed by atoms with van der Waals surface area (Å²) in [4.78, 5) is 0. The number of terminal acetylenes is 1. The van der Waals surface area contributed by atoms with Gasteiger partial charge in [0.2, 0.25) is 0 Å². The van der Waals surface area contributed by atoms with Gasteiger partial charge in [-0.1, -0.05) is 42.3 Å². The molecule has 2 aromatic carbocycles. The fraction of sp³-hybridized carbons (Fsp3) is 0.300. The van der Waals surface area contributed by atoms with Gasteiger partial charge in [0, 0.05) is 5.56 Å². The average Bonchev–Trinajstić information content (AvgIpc) is 2.54. The summed E-state index contributed by atoms with van der Waals surface area (Å²) in [6.45, 7) is 7.95. The van der Waals surface area contributed by atoms with Crippen LogP contribution in [0.2, 0.25) is 0 Å². The first-order valence-electron chi connectivity index (χ1n) is 7.50. The second-order valence-corrected chi connectivity index (χ2v) is 5.32. The fourth-order valence-corrected chi connectivity index (χ4v) is 2.56. The van der Waals surface area contributed by atoms with Crippen molar-refractivity contribution in [2.24, 2.45) is 0 Å². The van der Waals surface area contributed by atoms with E-state index < -0.39 is 0 Å². The first-order chi connectivity index (χ1) is 10.2. The predicted molar refractivity (Wildman–Crippen MR) is 90.7 cm³/mol. The van der Waals surface area contributed by atoms with E-state index in [1.165, 1.54) is 10.8 Å². The smallest absolute Gasteiger partial charge is 0.142 e. The fourth-order valence-electron chi connectivity index (χ4n) is 2.56. The standard InChI is InChI=1S/C20H22N.BrH/c1-4-16-21(5-2,6-3)17-10-14-19-13-9-12-18-11-7-8-15-20(18)19;/h1,7-9,11-13,15H,5-6,16-17H2,2-3H3;1H/q+1;/p-1. The summed E-state index contributed by atoms with van der Waals surface area (Å²) in [5, 5.41) is 2.45. The Balaban J connectivity index is 0.00000242. The van der Waals surface area contributed by atoms with E-state index in [0.29, 0.717) is 0 Å². The summed E-state index contributed by atoms with van der Waals surface area (Å²) in [7, 11) is 0. The predicted octanol–water partition coefficient (Wildman–Crippen LogP) is 0.685. The first-order valence-corrected chi connectivity index (χ1v) is 7.50. The Hall–Kier alpha value is -1.74. The maximum atomic E-state index is 5.51. The van der Waals surface area contributed by atoms with Crippen molar-refractivity contribution in [1.82, 2.24) is 0 Å². The number of benzene rings is 2. The highest BCUT2D eigenvalue weighted by molar-refractivity contribution is 5.88. The Kier molecular flexibility index (Phi) is 7.19. The Morgan fingerprint density at radius 1 is 0.955 bits per heavy atom. The van der Waals surface area contributed by atoms with Gasteiger partial charge in [0.15, 0.2) is 0 Å². The van der Waals surface area contributed by atoms with Crippen LogP contribution in [0.3, 0.4) is 0 Å². The first kappa shape index (κ1) is 18.3. The Morgan fingerprint density at radius 3 is 2.32 bits per heavy atom. The van der Waals surface area contributed by atoms with Crippen LogP contribution < -0.4 is 17.0 Å². The van der Waals surface area contributed by atoms with Gasteiger partial charge in [0.25, 0.3) is 0 Å². The van der Waals surface area contributed by atoms with Crippen molar-refractivity contribution in [3.05, 3.63) is 48.0 Å². The summed E-state index contributed by atoms with van der Waals surface area (Å²) in [6.07, 6.45) is 5.51. The lowest BCUT2D eigenvalue weighted by Gasteiger charge is -2.32. The third kappa shape index (κ3) is 4.14. The molecule has 0 aliphatic rings. The van der Waals surface area contributed by atoms with Gasteiger partial charge in [-0.2, -0.15) is 0 Å². The molecule has 1 nitrogen and oxygen atoms in total. The minimum Gasteiger partial charge on any atom is -1.00 e. The molecule has 0 amide bonds. The molecule has 0 aliphatic carbocycles. The van der Waals surface area contributed by atoms with Crippen LogP contribution in [0.4, 0.5) is 0 Å². The second-order valence-electron chi connectivity index (χ2n) is 5.32. The van der Waals surface area contributed by atoms with E-state index in [1.807, 2.05) is 0 Å². The van der Waals surface area contributed by atoms with Crippen LogP contribution in [0.1, 0.15) is 19.4 Å². The average molecular weight is 356 g/mol. The molecule has 0 aromatic heterocycles. The normalized spacial score (nSPS) is 10.2. The molecule has 0 bridgehead atoms. The second kappa shape index (κ2) is 8.64. The summed E-state index contributed by atoms with van der Waals surface area (Å²) in [5.41, 5.74) is 1.10. The zero-order chi connectivity index (χ0) is 15.1. The molecule has 0 saturated heterocycles. The zero-order valence-corrected chi connectivity index (χ0v) is 14.9. The molecule has 0 unspecified atom stereocenters. The van der Waals surface area contributed by atoms with Crippen LogP contribution >= 0.6 is 0 Å². The Morgan fingerprint density at radius 2 is 1.64 bits per heavy atom. The van der Waals surface area contributed by atoms with Gasteiger partial charge in [0.1, 0.15) is 13.1 Å². The van der Waals surface area contributed by atoms with Crippen LogP contribution in [0.15, 0.2) is 42.5 Å². The summed E-state index contributed by atoms with van der Waals surface area (Å²) < 4.78 is 0.869. The van der Waals surface area contributed by atoms with Crippen LogP contribution in [0, 0.1) is 24.2 Å². The maximum absolute atomic E-state index is 5.51. The van der Waals surface area contributed by atoms with Crippen molar-refractivity contribution in [3.63, 3.8) is 0 Å². The number of quaternary nitrogens is 1. The van der Waals surface area contributed by atoms with Crippen molar-refractivity contribution in [3.8, 4) is 24.2 Å². The summed E-state index contributed by atoms with van der Waals surface area (Å²) >= 11 is 0. The van der Waals surface area contributed by atoms with Gasteiger partial charge in [-0.05, 0) is 42.5 Å². The van der Waals surface area contributed by atoms with E-state index in [-0.39, 0.29) is 17.0 Å². The lowest BCUT2D eigenvalue weighted by atomic mass is 10.1. The lowest BCUT2D eigenvalue weighted by Crippen LogP contribution is -3.00. The summed E-state index contributed by atoms with van der Waals surface area (Å²) in [6, 6.07) is 14.6. The molecule has 0 saturated carbocycles. The van der Waals surface area contributed by atoms with Crippen LogP contribution in [0.25, 0.3) is 10.8 Å². The third-order valence-electron chi connectivity index (χ3n) is 4.20. The molecule has 0 spiro atoms. The van der Waals surface area contributed by atoms with Gasteiger partial charge >= 0.3 is 0 Å². The monoisotopic (exact) mass is 355 g/mol. The van der Waals surface area contributed by atoms with E-state index in [2.05, 4.69) is 74.1 Å². The number of hydrogen-bond donors (Lipinski definition) is 0. The minimum atomic E-state index is 0. The van der Waals surface area contributed by atoms with Crippen molar-refractivity contribution >= 4 is 10.8 Å². The number of halogens is 1. The van der Waals surface area contributed by atoms with Gasteiger partial charge in [0.05, 0.1) is 13.1 Å². The van der Waals surface area contributed by atoms with Gasteiger partial charge in [-0.3, -0.25) is 0 Å². The molecule has 2 heteroatoms. The van der Waals surface area contributed by atoms with Crippen LogP contribution in [-0.2, 0) is 0 Å². The van der Waals surface area contributed by atoms with Gasteiger partial charge in [-0.15, -0.1) is 6.42 Å². The third-order valence-corrected chi connectivity index (χ3v) is 4.20. The van der Waals surface area contributed by atoms with Crippen LogP contribution in [-0.4, -0.2) is 30.7 Å². The highest BCUT2D eigenvalue weighted by Gasteiger charge is 2.19. The summed E-state index contributed by atoms with van der Waals surface area (Å²) in [5.74, 6) is 9.48. The van der Waals surface area contributed by atoms with E-state index in [9.17, 15) is 0 Å². The highest BCUT2D eigenvalue weighted by Crippen LogP contribution is 2.17. The van der Waals surface area contributed by atoms with Crippen molar-refractivity contribution in [2.75, 3.05) is 26.2 Å². The molecule has 0 aliphatic heterocycles. The van der Waals surface area contributed by atoms with E-state index >= 15 is 0 Å². The SMILES string of the molecule is C#CC[N+](CC)(CC)CC#Cc1cccc2ccccc12.[Br-]. The minimum absolute atomic E-state index is 0. The molecule has 0 atom stereocenters. The van der Waals surface area contributed by atoms with Gasteiger partial charge < -0.3 is 21.5 Å². The Labute approximate surface area is 144 Å². The van der Waals surface area contributed by atoms with Crippen molar-refractivity contribution < 1.29 is 21.5 Å². The number of nitrogens with zero attached hydrogens (tertiary/aromatic N) is 1. The quantitative estimate of drug-likeness (QED) is 0.559. The largest absolute Gasteiger partial charge is 1.00 e.